The molecule has 2 aromatic carbocycles. The Bertz CT molecular complexity index is 1610. The number of hydrogen-bond donors (Lipinski definition) is 6. The van der Waals surface area contributed by atoms with Gasteiger partial charge in [-0.05, 0) is 13.0 Å². The molecular weight excluding hydrogens is 604 g/mol. The van der Waals surface area contributed by atoms with E-state index in [0.29, 0.717) is 13.2 Å². The zero-order valence-electron chi connectivity index (χ0n) is 25.3. The number of nitrogens with zero attached hydrogens (tertiary/aromatic N) is 2. The van der Waals surface area contributed by atoms with Gasteiger partial charge in [0, 0.05) is 48.5 Å². The van der Waals surface area contributed by atoms with Crippen LogP contribution >= 0.6 is 0 Å². The maximum atomic E-state index is 13.9. The minimum atomic E-state index is -2.09. The Morgan fingerprint density at radius 2 is 1.91 bits per heavy atom. The van der Waals surface area contributed by atoms with Crippen LogP contribution in [0.25, 0.3) is 0 Å². The molecule has 4 aliphatic rings. The second-order valence-corrected chi connectivity index (χ2v) is 12.2. The molecule has 4 unspecified atom stereocenters. The van der Waals surface area contributed by atoms with E-state index in [2.05, 4.69) is 6.07 Å². The molecule has 246 valence electrons. The zero-order chi connectivity index (χ0) is 33.1. The molecule has 0 amide bonds. The minimum absolute atomic E-state index is 0.0475. The van der Waals surface area contributed by atoms with Crippen molar-refractivity contribution in [2.45, 2.75) is 74.6 Å². The Labute approximate surface area is 263 Å². The summed E-state index contributed by atoms with van der Waals surface area (Å²) in [5.41, 5.74) is -3.40. The quantitative estimate of drug-likeness (QED) is 0.196. The van der Waals surface area contributed by atoms with Crippen molar-refractivity contribution in [2.24, 2.45) is 0 Å². The van der Waals surface area contributed by atoms with Gasteiger partial charge >= 0.3 is 0 Å². The molecule has 2 saturated heterocycles. The Hall–Kier alpha value is -3.65. The maximum Gasteiger partial charge on any atom is 0.202 e. The Morgan fingerprint density at radius 1 is 1.17 bits per heavy atom. The summed E-state index contributed by atoms with van der Waals surface area (Å²) >= 11 is 0. The minimum Gasteiger partial charge on any atom is -0.507 e. The summed E-state index contributed by atoms with van der Waals surface area (Å²) < 4.78 is 23.1. The first-order valence-electron chi connectivity index (χ1n) is 15.1. The number of rotatable bonds is 6. The molecule has 14 nitrogen and oxygen atoms in total. The van der Waals surface area contributed by atoms with Gasteiger partial charge in [0.05, 0.1) is 73.6 Å². The second-order valence-electron chi connectivity index (χ2n) is 12.2. The Morgan fingerprint density at radius 3 is 2.61 bits per heavy atom. The van der Waals surface area contributed by atoms with E-state index in [1.54, 1.807) is 6.92 Å². The normalized spacial score (nSPS) is 31.8. The molecule has 2 heterocycles. The van der Waals surface area contributed by atoms with Crippen LogP contribution in [0, 0.1) is 11.3 Å². The molecule has 6 rings (SSSR count). The average Bonchev–Trinajstić information content (AvgIpc) is 3.05. The van der Waals surface area contributed by atoms with Crippen LogP contribution in [0.4, 0.5) is 0 Å². The third-order valence-corrected chi connectivity index (χ3v) is 9.64. The van der Waals surface area contributed by atoms with E-state index >= 15 is 0 Å². The van der Waals surface area contributed by atoms with E-state index in [1.165, 1.54) is 25.3 Å². The van der Waals surface area contributed by atoms with E-state index in [1.807, 2.05) is 4.90 Å². The molecule has 0 radical (unpaired) electrons. The number of ketones is 2. The molecule has 2 aliphatic heterocycles. The summed E-state index contributed by atoms with van der Waals surface area (Å²) in [7, 11) is 1.33. The van der Waals surface area contributed by atoms with E-state index in [-0.39, 0.29) is 41.0 Å². The zero-order valence-corrected chi connectivity index (χ0v) is 25.3. The van der Waals surface area contributed by atoms with Crippen molar-refractivity contribution in [3.05, 3.63) is 51.6 Å². The van der Waals surface area contributed by atoms with Gasteiger partial charge in [0.25, 0.3) is 0 Å². The average molecular weight is 641 g/mol. The highest BCUT2D eigenvalue weighted by molar-refractivity contribution is 6.31. The predicted molar refractivity (Wildman–Crippen MR) is 155 cm³/mol. The largest absolute Gasteiger partial charge is 0.507 e. The molecule has 6 N–H and O–H groups in total. The third-order valence-electron chi connectivity index (χ3n) is 9.64. The van der Waals surface area contributed by atoms with Crippen LogP contribution in [0.1, 0.15) is 68.8 Å². The van der Waals surface area contributed by atoms with Crippen molar-refractivity contribution in [2.75, 3.05) is 33.5 Å². The second kappa shape index (κ2) is 12.2. The number of carbonyl (C=O) groups is 2. The van der Waals surface area contributed by atoms with Crippen LogP contribution in [0.15, 0.2) is 18.2 Å². The number of morpholine rings is 1. The molecular formula is C32H36N2O12. The van der Waals surface area contributed by atoms with Gasteiger partial charge < -0.3 is 49.6 Å². The predicted octanol–water partition coefficient (Wildman–Crippen LogP) is 0.0588. The molecule has 0 spiro atoms. The monoisotopic (exact) mass is 640 g/mol. The number of aliphatic hydroxyl groups excluding tert-OH is 3. The van der Waals surface area contributed by atoms with Crippen molar-refractivity contribution in [1.29, 1.82) is 5.26 Å². The van der Waals surface area contributed by atoms with E-state index in [4.69, 9.17) is 18.9 Å². The van der Waals surface area contributed by atoms with Crippen molar-refractivity contribution >= 4 is 11.6 Å². The summed E-state index contributed by atoms with van der Waals surface area (Å²) in [4.78, 5) is 29.4. The lowest BCUT2D eigenvalue weighted by Crippen LogP contribution is -2.60. The van der Waals surface area contributed by atoms with Crippen molar-refractivity contribution in [1.82, 2.24) is 4.90 Å². The number of carbonyl (C=O) groups excluding carboxylic acids is 2. The molecule has 2 fully saturated rings. The molecule has 0 aromatic heterocycles. The van der Waals surface area contributed by atoms with Crippen LogP contribution < -0.4 is 4.74 Å². The van der Waals surface area contributed by atoms with Crippen LogP contribution in [0.5, 0.6) is 17.2 Å². The van der Waals surface area contributed by atoms with Gasteiger partial charge in [-0.15, -0.1) is 0 Å². The highest BCUT2D eigenvalue weighted by Gasteiger charge is 2.51. The lowest BCUT2D eigenvalue weighted by atomic mass is 9.71. The SMILES string of the molecule is COc1cccc2c1C(=O)c1c(O)c3c(c(O)c1C2=O)CC(O)(C(O)CO)CC3O[C@H]1C[C@H](N2CCOCC2C#N)[C@H](O)[C@H](C)O1. The van der Waals surface area contributed by atoms with Gasteiger partial charge in [0.15, 0.2) is 12.1 Å². The van der Waals surface area contributed by atoms with Crippen molar-refractivity contribution in [3.63, 3.8) is 0 Å². The first kappa shape index (κ1) is 32.3. The lowest BCUT2D eigenvalue weighted by Gasteiger charge is -2.47. The molecule has 8 atom stereocenters. The topological polar surface area (TPSA) is 219 Å². The standard InChI is InChI=1S/C32H36N2O12/c1-14-27(37)18(34-6-7-44-13-15(34)11-33)8-22(45-14)46-20-10-32(42,21(36)12-35)9-17-24(20)31(41)26-25(29(17)39)28(38)16-4-3-5-19(43-2)23(16)30(26)40/h3-5,14-15,18,20-22,27,35-37,39,41-42H,6-10,12-13H2,1-2H3/t14-,15?,18-,20?,21?,22-,27+,32?/m0/s1. The fourth-order valence-corrected chi connectivity index (χ4v) is 7.24. The summed E-state index contributed by atoms with van der Waals surface area (Å²) in [6.45, 7) is 1.66. The number of aliphatic hydroxyl groups is 4. The maximum absolute atomic E-state index is 13.9. The number of ether oxygens (including phenoxy) is 4. The molecule has 2 aliphatic carbocycles. The summed E-state index contributed by atoms with van der Waals surface area (Å²) in [5.74, 6) is -2.76. The van der Waals surface area contributed by atoms with Crippen LogP contribution in [0.2, 0.25) is 0 Å². The summed E-state index contributed by atoms with van der Waals surface area (Å²) in [6.07, 6.45) is -6.76. The van der Waals surface area contributed by atoms with Gasteiger partial charge in [-0.2, -0.15) is 5.26 Å². The first-order chi connectivity index (χ1) is 21.9. The fraction of sp³-hybridized carbons (Fsp3) is 0.531. The molecule has 0 bridgehead atoms. The number of aromatic hydroxyl groups is 2. The highest BCUT2D eigenvalue weighted by atomic mass is 16.7. The van der Waals surface area contributed by atoms with Crippen LogP contribution in [0.3, 0.4) is 0 Å². The highest BCUT2D eigenvalue weighted by Crippen LogP contribution is 2.53. The van der Waals surface area contributed by atoms with E-state index in [9.17, 15) is 45.5 Å². The third kappa shape index (κ3) is 5.04. The van der Waals surface area contributed by atoms with Crippen molar-refractivity contribution in [3.8, 4) is 23.3 Å². The number of phenols is 2. The molecule has 46 heavy (non-hydrogen) atoms. The number of hydrogen-bond acceptors (Lipinski definition) is 14. The number of phenolic OH excluding ortho intramolecular Hbond substituents is 2. The Kier molecular flexibility index (Phi) is 8.55. The number of benzene rings is 2. The fourth-order valence-electron chi connectivity index (χ4n) is 7.24. The number of fused-ring (bicyclic) bond motifs is 3. The van der Waals surface area contributed by atoms with Crippen LogP contribution in [-0.4, -0.2) is 123 Å². The summed E-state index contributed by atoms with van der Waals surface area (Å²) in [6, 6.07) is 5.35. The van der Waals surface area contributed by atoms with Gasteiger partial charge in [-0.1, -0.05) is 12.1 Å². The Balaban J connectivity index is 1.44. The molecule has 0 saturated carbocycles. The molecule has 2 aromatic rings. The summed E-state index contributed by atoms with van der Waals surface area (Å²) in [5, 5.41) is 76.1. The van der Waals surface area contributed by atoms with E-state index < -0.39 is 102 Å². The van der Waals surface area contributed by atoms with E-state index in [0.717, 1.165) is 0 Å². The smallest absolute Gasteiger partial charge is 0.202 e. The number of methoxy groups -OCH3 is 1. The number of nitriles is 1. The van der Waals surface area contributed by atoms with Gasteiger partial charge in [0.1, 0.15) is 29.4 Å². The van der Waals surface area contributed by atoms with Crippen molar-refractivity contribution < 1.29 is 59.2 Å². The first-order valence-corrected chi connectivity index (χ1v) is 15.1. The molecule has 14 heteroatoms. The van der Waals surface area contributed by atoms with Gasteiger partial charge in [-0.25, -0.2) is 0 Å². The van der Waals surface area contributed by atoms with Gasteiger partial charge in [-0.3, -0.25) is 14.5 Å². The van der Waals surface area contributed by atoms with Crippen LogP contribution in [-0.2, 0) is 20.6 Å². The van der Waals surface area contributed by atoms with Gasteiger partial charge in [0.2, 0.25) is 5.78 Å². The lowest BCUT2D eigenvalue weighted by molar-refractivity contribution is -0.265.